The molecule has 0 bridgehead atoms. The molecule has 1 N–H and O–H groups in total. The second kappa shape index (κ2) is 38.4. The van der Waals surface area contributed by atoms with E-state index in [2.05, 4.69) is 13.8 Å². The van der Waals surface area contributed by atoms with Gasteiger partial charge < -0.3 is 9.84 Å². The third-order valence-corrected chi connectivity index (χ3v) is 9.83. The van der Waals surface area contributed by atoms with E-state index in [1.807, 2.05) is 0 Å². The molecular weight excluding hydrogens is 568 g/mol. The summed E-state index contributed by atoms with van der Waals surface area (Å²) < 4.78 is 5.91. The minimum atomic E-state index is -0.737. The molecule has 0 rings (SSSR count). The van der Waals surface area contributed by atoms with Gasteiger partial charge in [-0.2, -0.15) is 0 Å². The first-order chi connectivity index (χ1) is 22.6. The van der Waals surface area contributed by atoms with E-state index in [1.54, 1.807) is 0 Å². The van der Waals surface area contributed by atoms with Crippen molar-refractivity contribution in [3.8, 4) is 0 Å². The third kappa shape index (κ3) is 37.4. The van der Waals surface area contributed by atoms with Crippen LogP contribution in [0.15, 0.2) is 0 Å². The van der Waals surface area contributed by atoms with Gasteiger partial charge in [-0.05, 0) is 38.5 Å². The molecule has 0 aliphatic carbocycles. The van der Waals surface area contributed by atoms with Crippen molar-refractivity contribution in [2.75, 3.05) is 0 Å². The Kier molecular flexibility index (Phi) is 37.5. The minimum Gasteiger partial charge on any atom is -0.481 e. The molecule has 0 aliphatic rings. The van der Waals surface area contributed by atoms with Crippen LogP contribution in [0.2, 0.25) is 0 Å². The molecule has 0 amide bonds. The van der Waals surface area contributed by atoms with Gasteiger partial charge in [0, 0.05) is 12.8 Å². The summed E-state index contributed by atoms with van der Waals surface area (Å²) in [5.41, 5.74) is 0. The number of unbranched alkanes of at least 4 members (excludes halogenated alkanes) is 30. The van der Waals surface area contributed by atoms with Gasteiger partial charge in [0.1, 0.15) is 6.10 Å². The van der Waals surface area contributed by atoms with Crippen LogP contribution < -0.4 is 0 Å². The molecule has 0 heterocycles. The quantitative estimate of drug-likeness (QED) is 0.0531. The summed E-state index contributed by atoms with van der Waals surface area (Å²) in [7, 11) is 0. The van der Waals surface area contributed by atoms with Gasteiger partial charge in [-0.15, -0.1) is 0 Å². The van der Waals surface area contributed by atoms with Gasteiger partial charge in [0.2, 0.25) is 0 Å². The van der Waals surface area contributed by atoms with Gasteiger partial charge in [-0.3, -0.25) is 9.59 Å². The summed E-state index contributed by atoms with van der Waals surface area (Å²) in [6.07, 6.45) is 45.5. The van der Waals surface area contributed by atoms with Crippen molar-refractivity contribution >= 4 is 11.9 Å². The summed E-state index contributed by atoms with van der Waals surface area (Å²) in [6, 6.07) is 0. The number of hydrogen-bond acceptors (Lipinski definition) is 3. The SMILES string of the molecule is CCCCCCCCCCCCCCCCCCCC(=O)OC(CCCCCCCCCCCCCCCC)CCCCC(=O)O. The first-order valence-electron chi connectivity index (χ1n) is 21.0. The largest absolute Gasteiger partial charge is 0.481 e. The lowest BCUT2D eigenvalue weighted by Crippen LogP contribution is -2.18. The maximum Gasteiger partial charge on any atom is 0.306 e. The molecule has 0 aliphatic heterocycles. The van der Waals surface area contributed by atoms with Crippen LogP contribution in [0.25, 0.3) is 0 Å². The second-order valence-corrected chi connectivity index (χ2v) is 14.5. The summed E-state index contributed by atoms with van der Waals surface area (Å²) in [6.45, 7) is 4.57. The smallest absolute Gasteiger partial charge is 0.306 e. The molecule has 0 aromatic rings. The lowest BCUT2D eigenvalue weighted by molar-refractivity contribution is -0.150. The van der Waals surface area contributed by atoms with Crippen LogP contribution in [-0.4, -0.2) is 23.1 Å². The fourth-order valence-corrected chi connectivity index (χ4v) is 6.72. The highest BCUT2D eigenvalue weighted by Crippen LogP contribution is 2.19. The highest BCUT2D eigenvalue weighted by atomic mass is 16.5. The molecule has 0 radical (unpaired) electrons. The van der Waals surface area contributed by atoms with E-state index >= 15 is 0 Å². The third-order valence-electron chi connectivity index (χ3n) is 9.83. The lowest BCUT2D eigenvalue weighted by Gasteiger charge is -2.18. The standard InChI is InChI=1S/C42H82O4/c1-3-5-7-9-11-13-15-17-19-20-21-23-25-27-29-31-33-39-42(45)46-40(37-34-35-38-41(43)44)36-32-30-28-26-24-22-18-16-14-12-10-8-6-4-2/h40H,3-39H2,1-2H3,(H,43,44). The van der Waals surface area contributed by atoms with E-state index in [1.165, 1.54) is 180 Å². The first kappa shape index (κ1) is 44.9. The van der Waals surface area contributed by atoms with E-state index in [4.69, 9.17) is 9.84 Å². The van der Waals surface area contributed by atoms with Crippen molar-refractivity contribution < 1.29 is 19.4 Å². The molecular formula is C42H82O4. The Morgan fingerprint density at radius 2 is 0.652 bits per heavy atom. The number of carbonyl (C=O) groups is 2. The molecule has 1 unspecified atom stereocenters. The number of ether oxygens (including phenoxy) is 1. The van der Waals surface area contributed by atoms with Crippen LogP contribution in [0.5, 0.6) is 0 Å². The minimum absolute atomic E-state index is 0.0376. The normalized spacial score (nSPS) is 12.0. The van der Waals surface area contributed by atoms with Crippen molar-refractivity contribution in [3.63, 3.8) is 0 Å². The van der Waals surface area contributed by atoms with Crippen LogP contribution in [0, 0.1) is 0 Å². The summed E-state index contributed by atoms with van der Waals surface area (Å²) >= 11 is 0. The molecule has 1 atom stereocenters. The average molecular weight is 651 g/mol. The van der Waals surface area contributed by atoms with Crippen molar-refractivity contribution in [3.05, 3.63) is 0 Å². The molecule has 0 aromatic carbocycles. The maximum atomic E-state index is 12.6. The molecule has 274 valence electrons. The highest BCUT2D eigenvalue weighted by molar-refractivity contribution is 5.69. The molecule has 0 aromatic heterocycles. The van der Waals surface area contributed by atoms with Gasteiger partial charge in [-0.1, -0.05) is 200 Å². The van der Waals surface area contributed by atoms with Gasteiger partial charge in [0.25, 0.3) is 0 Å². The zero-order valence-electron chi connectivity index (χ0n) is 31.4. The Bertz CT molecular complexity index is 619. The van der Waals surface area contributed by atoms with E-state index in [0.717, 1.165) is 38.5 Å². The highest BCUT2D eigenvalue weighted by Gasteiger charge is 2.14. The van der Waals surface area contributed by atoms with Crippen LogP contribution in [-0.2, 0) is 14.3 Å². The maximum absolute atomic E-state index is 12.6. The fourth-order valence-electron chi connectivity index (χ4n) is 6.72. The number of carboxylic acids is 1. The Morgan fingerprint density at radius 3 is 0.978 bits per heavy atom. The summed E-state index contributed by atoms with van der Waals surface area (Å²) in [5, 5.41) is 8.96. The zero-order chi connectivity index (χ0) is 33.6. The first-order valence-corrected chi connectivity index (χ1v) is 21.0. The molecule has 0 fully saturated rings. The number of hydrogen-bond donors (Lipinski definition) is 1. The molecule has 0 spiro atoms. The summed E-state index contributed by atoms with van der Waals surface area (Å²) in [5.74, 6) is -0.783. The Morgan fingerprint density at radius 1 is 0.391 bits per heavy atom. The Hall–Kier alpha value is -1.06. The van der Waals surface area contributed by atoms with Gasteiger partial charge >= 0.3 is 11.9 Å². The number of rotatable bonds is 39. The number of esters is 1. The topological polar surface area (TPSA) is 63.6 Å². The Balaban J connectivity index is 3.79. The number of aliphatic carboxylic acids is 1. The van der Waals surface area contributed by atoms with Crippen LogP contribution in [0.1, 0.15) is 251 Å². The van der Waals surface area contributed by atoms with E-state index < -0.39 is 5.97 Å². The molecule has 0 saturated carbocycles. The predicted molar refractivity (Wildman–Crippen MR) is 200 cm³/mol. The molecule has 0 saturated heterocycles. The van der Waals surface area contributed by atoms with Gasteiger partial charge in [0.15, 0.2) is 0 Å². The number of carbonyl (C=O) groups excluding carboxylic acids is 1. The van der Waals surface area contributed by atoms with E-state index in [9.17, 15) is 9.59 Å². The molecule has 46 heavy (non-hydrogen) atoms. The Labute approximate surface area is 288 Å². The predicted octanol–water partition coefficient (Wildman–Crippen LogP) is 14.5. The lowest BCUT2D eigenvalue weighted by atomic mass is 10.0. The van der Waals surface area contributed by atoms with Crippen LogP contribution in [0.3, 0.4) is 0 Å². The van der Waals surface area contributed by atoms with E-state index in [-0.39, 0.29) is 18.5 Å². The van der Waals surface area contributed by atoms with Crippen molar-refractivity contribution in [1.82, 2.24) is 0 Å². The van der Waals surface area contributed by atoms with E-state index in [0.29, 0.717) is 12.8 Å². The molecule has 4 nitrogen and oxygen atoms in total. The van der Waals surface area contributed by atoms with Crippen molar-refractivity contribution in [2.45, 2.75) is 258 Å². The monoisotopic (exact) mass is 651 g/mol. The fraction of sp³-hybridized carbons (Fsp3) is 0.952. The van der Waals surface area contributed by atoms with Crippen molar-refractivity contribution in [1.29, 1.82) is 0 Å². The van der Waals surface area contributed by atoms with Gasteiger partial charge in [-0.25, -0.2) is 0 Å². The summed E-state index contributed by atoms with van der Waals surface area (Å²) in [4.78, 5) is 23.5. The van der Waals surface area contributed by atoms with Crippen LogP contribution >= 0.6 is 0 Å². The zero-order valence-corrected chi connectivity index (χ0v) is 31.4. The number of carboxylic acid groups (broad SMARTS) is 1. The van der Waals surface area contributed by atoms with Crippen LogP contribution in [0.4, 0.5) is 0 Å². The molecule has 4 heteroatoms. The van der Waals surface area contributed by atoms with Crippen molar-refractivity contribution in [2.24, 2.45) is 0 Å². The second-order valence-electron chi connectivity index (χ2n) is 14.5. The average Bonchev–Trinajstić information content (AvgIpc) is 3.04. The van der Waals surface area contributed by atoms with Gasteiger partial charge in [0.05, 0.1) is 0 Å².